The molecule has 1 heterocycles. The molecule has 2 atom stereocenters. The SMILES string of the molecule is CCC1CCCN(CC(O)COC(C)C)CC1. The van der Waals surface area contributed by atoms with Gasteiger partial charge in [-0.25, -0.2) is 0 Å². The fraction of sp³-hybridized carbons (Fsp3) is 1.00. The predicted molar refractivity (Wildman–Crippen MR) is 71.2 cm³/mol. The number of ether oxygens (including phenoxy) is 1. The summed E-state index contributed by atoms with van der Waals surface area (Å²) in [5.74, 6) is 0.893. The van der Waals surface area contributed by atoms with Crippen LogP contribution in [-0.2, 0) is 4.74 Å². The number of nitrogens with zero attached hydrogens (tertiary/aromatic N) is 1. The zero-order valence-corrected chi connectivity index (χ0v) is 11.7. The third-order valence-electron chi connectivity index (χ3n) is 3.61. The van der Waals surface area contributed by atoms with Crippen LogP contribution in [0.1, 0.15) is 46.5 Å². The second kappa shape index (κ2) is 8.06. The summed E-state index contributed by atoms with van der Waals surface area (Å²) in [5.41, 5.74) is 0. The molecular formula is C14H29NO2. The van der Waals surface area contributed by atoms with Crippen molar-refractivity contribution in [1.29, 1.82) is 0 Å². The molecule has 0 saturated carbocycles. The van der Waals surface area contributed by atoms with E-state index < -0.39 is 0 Å². The molecule has 1 saturated heterocycles. The molecule has 0 aromatic rings. The van der Waals surface area contributed by atoms with Gasteiger partial charge in [0.1, 0.15) is 0 Å². The summed E-state index contributed by atoms with van der Waals surface area (Å²) < 4.78 is 5.44. The quantitative estimate of drug-likeness (QED) is 0.777. The maximum Gasteiger partial charge on any atom is 0.0900 e. The van der Waals surface area contributed by atoms with Gasteiger partial charge in [-0.3, -0.25) is 0 Å². The van der Waals surface area contributed by atoms with E-state index in [1.807, 2.05) is 13.8 Å². The van der Waals surface area contributed by atoms with E-state index in [0.29, 0.717) is 6.61 Å². The van der Waals surface area contributed by atoms with Crippen molar-refractivity contribution in [2.75, 3.05) is 26.2 Å². The molecule has 0 aliphatic carbocycles. The van der Waals surface area contributed by atoms with Gasteiger partial charge in [0.25, 0.3) is 0 Å². The second-order valence-corrected chi connectivity index (χ2v) is 5.54. The highest BCUT2D eigenvalue weighted by atomic mass is 16.5. The van der Waals surface area contributed by atoms with Gasteiger partial charge in [0.2, 0.25) is 0 Å². The van der Waals surface area contributed by atoms with E-state index in [4.69, 9.17) is 4.74 Å². The number of likely N-dealkylation sites (tertiary alicyclic amines) is 1. The van der Waals surface area contributed by atoms with Gasteiger partial charge in [0.15, 0.2) is 0 Å². The maximum absolute atomic E-state index is 9.90. The Labute approximate surface area is 106 Å². The first kappa shape index (κ1) is 14.9. The minimum absolute atomic E-state index is 0.207. The monoisotopic (exact) mass is 243 g/mol. The first-order valence-corrected chi connectivity index (χ1v) is 7.13. The summed E-state index contributed by atoms with van der Waals surface area (Å²) in [4.78, 5) is 2.39. The molecule has 0 bridgehead atoms. The highest BCUT2D eigenvalue weighted by Crippen LogP contribution is 2.20. The van der Waals surface area contributed by atoms with Crippen LogP contribution in [0.2, 0.25) is 0 Å². The van der Waals surface area contributed by atoms with E-state index in [1.54, 1.807) is 0 Å². The van der Waals surface area contributed by atoms with Crippen LogP contribution in [0.25, 0.3) is 0 Å². The van der Waals surface area contributed by atoms with Gasteiger partial charge in [-0.15, -0.1) is 0 Å². The van der Waals surface area contributed by atoms with Gasteiger partial charge in [-0.2, -0.15) is 0 Å². The molecule has 3 heteroatoms. The number of rotatable bonds is 6. The molecule has 0 aromatic heterocycles. The fourth-order valence-corrected chi connectivity index (χ4v) is 2.47. The summed E-state index contributed by atoms with van der Waals surface area (Å²) in [6.07, 6.45) is 5.08. The number of hydrogen-bond acceptors (Lipinski definition) is 3. The zero-order chi connectivity index (χ0) is 12.7. The molecule has 1 rings (SSSR count). The minimum atomic E-state index is -0.337. The number of hydrogen-bond donors (Lipinski definition) is 1. The van der Waals surface area contributed by atoms with Crippen molar-refractivity contribution in [3.63, 3.8) is 0 Å². The van der Waals surface area contributed by atoms with Crippen LogP contribution in [-0.4, -0.2) is 48.5 Å². The smallest absolute Gasteiger partial charge is 0.0900 e. The fourth-order valence-electron chi connectivity index (χ4n) is 2.47. The summed E-state index contributed by atoms with van der Waals surface area (Å²) in [6.45, 7) is 9.79. The van der Waals surface area contributed by atoms with Gasteiger partial charge in [0, 0.05) is 6.54 Å². The van der Waals surface area contributed by atoms with Crippen molar-refractivity contribution < 1.29 is 9.84 Å². The Kier molecular flexibility index (Phi) is 7.09. The van der Waals surface area contributed by atoms with E-state index in [1.165, 1.54) is 25.7 Å². The molecule has 102 valence electrons. The predicted octanol–water partition coefficient (Wildman–Crippen LogP) is 2.28. The molecule has 2 unspecified atom stereocenters. The Bertz CT molecular complexity index is 197. The van der Waals surface area contributed by atoms with Gasteiger partial charge >= 0.3 is 0 Å². The van der Waals surface area contributed by atoms with Crippen LogP contribution in [0.15, 0.2) is 0 Å². The van der Waals surface area contributed by atoms with Crippen molar-refractivity contribution in [3.8, 4) is 0 Å². The molecule has 0 radical (unpaired) electrons. The molecule has 1 fully saturated rings. The Morgan fingerprint density at radius 2 is 2.06 bits per heavy atom. The van der Waals surface area contributed by atoms with Gasteiger partial charge in [-0.05, 0) is 52.1 Å². The van der Waals surface area contributed by atoms with E-state index in [0.717, 1.165) is 25.6 Å². The van der Waals surface area contributed by atoms with Crippen LogP contribution in [0.5, 0.6) is 0 Å². The van der Waals surface area contributed by atoms with Crippen LogP contribution in [0.4, 0.5) is 0 Å². The first-order valence-electron chi connectivity index (χ1n) is 7.13. The lowest BCUT2D eigenvalue weighted by Gasteiger charge is -2.23. The van der Waals surface area contributed by atoms with Crippen molar-refractivity contribution in [3.05, 3.63) is 0 Å². The summed E-state index contributed by atoms with van der Waals surface area (Å²) in [5, 5.41) is 9.90. The Hall–Kier alpha value is -0.120. The molecule has 0 amide bonds. The molecule has 17 heavy (non-hydrogen) atoms. The topological polar surface area (TPSA) is 32.7 Å². The molecule has 0 spiro atoms. The van der Waals surface area contributed by atoms with E-state index in [-0.39, 0.29) is 12.2 Å². The third-order valence-corrected chi connectivity index (χ3v) is 3.61. The minimum Gasteiger partial charge on any atom is -0.389 e. The van der Waals surface area contributed by atoms with Gasteiger partial charge < -0.3 is 14.7 Å². The number of β-amino-alcohol motifs (C(OH)–C–C–N with tert-alkyl or cyclic N) is 1. The van der Waals surface area contributed by atoms with E-state index >= 15 is 0 Å². The summed E-state index contributed by atoms with van der Waals surface area (Å²) >= 11 is 0. The van der Waals surface area contributed by atoms with Gasteiger partial charge in [0.05, 0.1) is 18.8 Å². The highest BCUT2D eigenvalue weighted by Gasteiger charge is 2.18. The largest absolute Gasteiger partial charge is 0.389 e. The van der Waals surface area contributed by atoms with Crippen LogP contribution in [0.3, 0.4) is 0 Å². The second-order valence-electron chi connectivity index (χ2n) is 5.54. The average Bonchev–Trinajstić information content (AvgIpc) is 2.51. The van der Waals surface area contributed by atoms with Gasteiger partial charge in [-0.1, -0.05) is 13.3 Å². The lowest BCUT2D eigenvalue weighted by molar-refractivity contribution is -0.00815. The summed E-state index contributed by atoms with van der Waals surface area (Å²) in [7, 11) is 0. The Morgan fingerprint density at radius 3 is 2.71 bits per heavy atom. The molecule has 1 aliphatic heterocycles. The normalized spacial score (nSPS) is 24.9. The lowest BCUT2D eigenvalue weighted by atomic mass is 9.98. The lowest BCUT2D eigenvalue weighted by Crippen LogP contribution is -2.36. The third kappa shape index (κ3) is 6.39. The van der Waals surface area contributed by atoms with Crippen molar-refractivity contribution in [2.45, 2.75) is 58.7 Å². The van der Waals surface area contributed by atoms with Crippen LogP contribution < -0.4 is 0 Å². The molecule has 3 nitrogen and oxygen atoms in total. The summed E-state index contributed by atoms with van der Waals surface area (Å²) in [6, 6.07) is 0. The van der Waals surface area contributed by atoms with Crippen molar-refractivity contribution in [2.24, 2.45) is 5.92 Å². The van der Waals surface area contributed by atoms with Crippen LogP contribution in [0, 0.1) is 5.92 Å². The Morgan fingerprint density at radius 1 is 1.29 bits per heavy atom. The average molecular weight is 243 g/mol. The van der Waals surface area contributed by atoms with Crippen molar-refractivity contribution >= 4 is 0 Å². The van der Waals surface area contributed by atoms with E-state index in [2.05, 4.69) is 11.8 Å². The molecule has 1 N–H and O–H groups in total. The number of aliphatic hydroxyl groups is 1. The molecular weight excluding hydrogens is 214 g/mol. The molecule has 1 aliphatic rings. The highest BCUT2D eigenvalue weighted by molar-refractivity contribution is 4.71. The Balaban J connectivity index is 2.21. The van der Waals surface area contributed by atoms with Crippen molar-refractivity contribution in [1.82, 2.24) is 4.90 Å². The molecule has 0 aromatic carbocycles. The number of aliphatic hydroxyl groups excluding tert-OH is 1. The maximum atomic E-state index is 9.90. The van der Waals surface area contributed by atoms with Crippen LogP contribution >= 0.6 is 0 Å². The standard InChI is InChI=1S/C14H29NO2/c1-4-13-6-5-8-15(9-7-13)10-14(16)11-17-12(2)3/h12-14,16H,4-11H2,1-3H3. The van der Waals surface area contributed by atoms with E-state index in [9.17, 15) is 5.11 Å². The first-order chi connectivity index (χ1) is 8.11. The zero-order valence-electron chi connectivity index (χ0n) is 11.7.